The Morgan fingerprint density at radius 3 is 2.46 bits per heavy atom. The summed E-state index contributed by atoms with van der Waals surface area (Å²) in [6.07, 6.45) is 3.76. The van der Waals surface area contributed by atoms with Crippen molar-refractivity contribution in [2.45, 2.75) is 31.7 Å². The molecule has 0 amide bonds. The molecule has 1 N–H and O–H groups in total. The van der Waals surface area contributed by atoms with Gasteiger partial charge >= 0.3 is 0 Å². The van der Waals surface area contributed by atoms with Gasteiger partial charge in [-0.1, -0.05) is 25.1 Å². The molecule has 2 aromatic carbocycles. The summed E-state index contributed by atoms with van der Waals surface area (Å²) in [5.74, 6) is -2.05. The first-order chi connectivity index (χ1) is 17.6. The summed E-state index contributed by atoms with van der Waals surface area (Å²) >= 11 is 0. The highest BCUT2D eigenvalue weighted by atomic mass is 32.2. The Morgan fingerprint density at radius 1 is 0.973 bits per heavy atom. The van der Waals surface area contributed by atoms with Crippen LogP contribution in [0.25, 0.3) is 22.4 Å². The molecule has 0 radical (unpaired) electrons. The van der Waals surface area contributed by atoms with Crippen LogP contribution in [-0.4, -0.2) is 42.4 Å². The van der Waals surface area contributed by atoms with E-state index >= 15 is 0 Å². The van der Waals surface area contributed by atoms with Gasteiger partial charge in [-0.2, -0.15) is 0 Å². The van der Waals surface area contributed by atoms with E-state index in [0.717, 1.165) is 41.1 Å². The molecule has 192 valence electrons. The molecule has 0 fully saturated rings. The maximum absolute atomic E-state index is 14.3. The van der Waals surface area contributed by atoms with E-state index in [4.69, 9.17) is 0 Å². The highest BCUT2D eigenvalue weighted by molar-refractivity contribution is 7.92. The van der Waals surface area contributed by atoms with Crippen molar-refractivity contribution >= 4 is 15.7 Å². The molecule has 4 rings (SSSR count). The molecule has 37 heavy (non-hydrogen) atoms. The molecule has 0 saturated carbocycles. The Hall–Kier alpha value is -3.76. The van der Waals surface area contributed by atoms with Crippen molar-refractivity contribution in [1.29, 1.82) is 0 Å². The predicted molar refractivity (Wildman–Crippen MR) is 139 cm³/mol. The molecule has 0 aliphatic heterocycles. The number of aryl methyl sites for hydroxylation is 2. The fraction of sp³-hybridized carbons (Fsp3) is 0.222. The highest BCUT2D eigenvalue weighted by Crippen LogP contribution is 2.35. The van der Waals surface area contributed by atoms with E-state index in [0.29, 0.717) is 29.4 Å². The van der Waals surface area contributed by atoms with Crippen molar-refractivity contribution in [1.82, 2.24) is 19.9 Å². The molecule has 4 aromatic rings. The third kappa shape index (κ3) is 5.81. The minimum atomic E-state index is -4.34. The standard InChI is InChI=1S/C27H27F2N5O2S/c1-5-23-26(27(32-16-31-23)19-8-6-7-18(11-19)15-34(3)4)20-12-24(17(2)30-14-20)33-37(35,36)25-10-9-21(28)13-22(25)29/h6-14,16,33H,5,15H2,1-4H3. The van der Waals surface area contributed by atoms with Gasteiger partial charge in [0.25, 0.3) is 10.0 Å². The second kappa shape index (κ2) is 10.7. The van der Waals surface area contributed by atoms with Crippen molar-refractivity contribution in [2.24, 2.45) is 0 Å². The molecule has 0 aliphatic rings. The number of nitrogens with zero attached hydrogens (tertiary/aromatic N) is 4. The third-order valence-electron chi connectivity index (χ3n) is 5.76. The Balaban J connectivity index is 1.81. The highest BCUT2D eigenvalue weighted by Gasteiger charge is 2.22. The minimum absolute atomic E-state index is 0.166. The topological polar surface area (TPSA) is 88.1 Å². The molecule has 0 saturated heterocycles. The van der Waals surface area contributed by atoms with Gasteiger partial charge < -0.3 is 4.90 Å². The first kappa shape index (κ1) is 26.3. The van der Waals surface area contributed by atoms with Crippen LogP contribution in [0.4, 0.5) is 14.5 Å². The number of nitrogens with one attached hydrogen (secondary N) is 1. The van der Waals surface area contributed by atoms with Crippen LogP contribution in [0, 0.1) is 18.6 Å². The van der Waals surface area contributed by atoms with Crippen molar-refractivity contribution in [2.75, 3.05) is 18.8 Å². The lowest BCUT2D eigenvalue weighted by atomic mass is 9.96. The van der Waals surface area contributed by atoms with Crippen LogP contribution in [0.3, 0.4) is 0 Å². The Bertz CT molecular complexity index is 1560. The van der Waals surface area contributed by atoms with Gasteiger partial charge in [0.15, 0.2) is 0 Å². The molecular formula is C27H27F2N5O2S. The molecule has 0 unspecified atom stereocenters. The lowest BCUT2D eigenvalue weighted by Gasteiger charge is -2.16. The van der Waals surface area contributed by atoms with E-state index < -0.39 is 26.6 Å². The number of sulfonamides is 1. The Morgan fingerprint density at radius 2 is 1.76 bits per heavy atom. The van der Waals surface area contributed by atoms with E-state index in [1.807, 2.05) is 39.2 Å². The summed E-state index contributed by atoms with van der Waals surface area (Å²) in [7, 11) is -0.352. The average molecular weight is 524 g/mol. The quantitative estimate of drug-likeness (QED) is 0.341. The largest absolute Gasteiger partial charge is 0.305 e. The normalized spacial score (nSPS) is 11.6. The molecule has 7 nitrogen and oxygen atoms in total. The number of rotatable bonds is 8. The van der Waals surface area contributed by atoms with Gasteiger partial charge in [-0.25, -0.2) is 27.2 Å². The Kier molecular flexibility index (Phi) is 7.60. The second-order valence-corrected chi connectivity index (χ2v) is 10.5. The molecule has 2 aromatic heterocycles. The molecule has 10 heteroatoms. The van der Waals surface area contributed by atoms with Crippen molar-refractivity contribution in [3.63, 3.8) is 0 Å². The van der Waals surface area contributed by atoms with Crippen molar-refractivity contribution in [3.8, 4) is 22.4 Å². The van der Waals surface area contributed by atoms with Crippen molar-refractivity contribution < 1.29 is 17.2 Å². The van der Waals surface area contributed by atoms with Crippen molar-refractivity contribution in [3.05, 3.63) is 89.6 Å². The molecule has 0 aliphatic carbocycles. The number of benzene rings is 2. The minimum Gasteiger partial charge on any atom is -0.305 e. The summed E-state index contributed by atoms with van der Waals surface area (Å²) in [6, 6.07) is 12.0. The van der Waals surface area contributed by atoms with E-state index in [1.54, 1.807) is 19.2 Å². The van der Waals surface area contributed by atoms with Crippen LogP contribution < -0.4 is 4.72 Å². The summed E-state index contributed by atoms with van der Waals surface area (Å²) < 4.78 is 55.9. The molecule has 0 atom stereocenters. The van der Waals surface area contributed by atoms with Gasteiger partial charge in [-0.05, 0) is 57.3 Å². The zero-order chi connectivity index (χ0) is 26.7. The van der Waals surface area contributed by atoms with Crippen LogP contribution in [0.5, 0.6) is 0 Å². The number of hydrogen-bond acceptors (Lipinski definition) is 6. The van der Waals surface area contributed by atoms with Crippen LogP contribution in [0.1, 0.15) is 23.9 Å². The van der Waals surface area contributed by atoms with E-state index in [-0.39, 0.29) is 5.69 Å². The van der Waals surface area contributed by atoms with E-state index in [1.165, 1.54) is 6.33 Å². The molecular weight excluding hydrogens is 496 g/mol. The van der Waals surface area contributed by atoms with Crippen LogP contribution in [0.15, 0.2) is 66.0 Å². The van der Waals surface area contributed by atoms with Gasteiger partial charge in [0.2, 0.25) is 0 Å². The number of aromatic nitrogens is 3. The second-order valence-electron chi connectivity index (χ2n) is 8.87. The first-order valence-corrected chi connectivity index (χ1v) is 13.1. The zero-order valence-electron chi connectivity index (χ0n) is 21.0. The Labute approximate surface area is 215 Å². The number of anilines is 1. The number of pyridine rings is 1. The average Bonchev–Trinajstić information content (AvgIpc) is 2.84. The van der Waals surface area contributed by atoms with Crippen LogP contribution in [0.2, 0.25) is 0 Å². The predicted octanol–water partition coefficient (Wildman–Crippen LogP) is 5.22. The van der Waals surface area contributed by atoms with Gasteiger partial charge in [0.1, 0.15) is 22.9 Å². The molecule has 2 heterocycles. The maximum Gasteiger partial charge on any atom is 0.264 e. The fourth-order valence-electron chi connectivity index (χ4n) is 4.06. The first-order valence-electron chi connectivity index (χ1n) is 11.6. The summed E-state index contributed by atoms with van der Waals surface area (Å²) in [4.78, 5) is 14.8. The van der Waals surface area contributed by atoms with E-state index in [2.05, 4.69) is 30.6 Å². The molecule has 0 spiro atoms. The van der Waals surface area contributed by atoms with Crippen LogP contribution >= 0.6 is 0 Å². The number of hydrogen-bond donors (Lipinski definition) is 1. The third-order valence-corrected chi connectivity index (χ3v) is 7.16. The summed E-state index contributed by atoms with van der Waals surface area (Å²) in [6.45, 7) is 4.37. The van der Waals surface area contributed by atoms with Gasteiger partial charge in [0, 0.05) is 35.5 Å². The zero-order valence-corrected chi connectivity index (χ0v) is 21.8. The van der Waals surface area contributed by atoms with E-state index in [9.17, 15) is 17.2 Å². The number of halogens is 2. The molecule has 0 bridgehead atoms. The monoisotopic (exact) mass is 523 g/mol. The SMILES string of the molecule is CCc1ncnc(-c2cccc(CN(C)C)c2)c1-c1cnc(C)c(NS(=O)(=O)c2ccc(F)cc2F)c1. The van der Waals surface area contributed by atoms with Gasteiger partial charge in [-0.15, -0.1) is 0 Å². The van der Waals surface area contributed by atoms with Gasteiger partial charge in [0.05, 0.1) is 22.8 Å². The summed E-state index contributed by atoms with van der Waals surface area (Å²) in [5.41, 5.74) is 5.35. The maximum atomic E-state index is 14.3. The van der Waals surface area contributed by atoms with Crippen LogP contribution in [-0.2, 0) is 23.0 Å². The lowest BCUT2D eigenvalue weighted by Crippen LogP contribution is -2.16. The smallest absolute Gasteiger partial charge is 0.264 e. The summed E-state index contributed by atoms with van der Waals surface area (Å²) in [5, 5.41) is 0. The fourth-order valence-corrected chi connectivity index (χ4v) is 5.23. The van der Waals surface area contributed by atoms with Gasteiger partial charge in [-0.3, -0.25) is 9.71 Å². The lowest BCUT2D eigenvalue weighted by molar-refractivity contribution is 0.402.